The smallest absolute Gasteiger partial charge is 0.255 e. The van der Waals surface area contributed by atoms with Crippen LogP contribution in [-0.2, 0) is 0 Å². The van der Waals surface area contributed by atoms with E-state index in [0.717, 1.165) is 10.8 Å². The summed E-state index contributed by atoms with van der Waals surface area (Å²) in [5, 5.41) is 13.5. The summed E-state index contributed by atoms with van der Waals surface area (Å²) >= 11 is 4.94. The lowest BCUT2D eigenvalue weighted by Crippen LogP contribution is -2.28. The van der Waals surface area contributed by atoms with E-state index in [-0.39, 0.29) is 10.9 Å². The Balaban J connectivity index is 1.61. The number of hydroxylamine groups is 1. The van der Waals surface area contributed by atoms with Gasteiger partial charge >= 0.3 is 0 Å². The third-order valence-electron chi connectivity index (χ3n) is 4.21. The second-order valence-corrected chi connectivity index (χ2v) is 6.34. The maximum absolute atomic E-state index is 12.7. The molecule has 6 nitrogen and oxygen atoms in total. The largest absolute Gasteiger partial charge is 0.496 e. The van der Waals surface area contributed by atoms with E-state index in [9.17, 15) is 4.79 Å². The monoisotopic (exact) mass is 396 g/mol. The van der Waals surface area contributed by atoms with Crippen LogP contribution in [0, 0.1) is 0 Å². The van der Waals surface area contributed by atoms with E-state index in [1.807, 2.05) is 35.8 Å². The van der Waals surface area contributed by atoms with Crippen molar-refractivity contribution >= 4 is 33.9 Å². The molecule has 3 rings (SSSR count). The lowest BCUT2D eigenvalue weighted by atomic mass is 10.0. The third-order valence-corrected chi connectivity index (χ3v) is 4.54. The van der Waals surface area contributed by atoms with Crippen molar-refractivity contribution in [2.24, 2.45) is 0 Å². The standard InChI is InChI=1S/C21H20N2O4S/c1-26-18-11-8-14-4-2-3-5-17(14)19(18)20(24)22-12-13-27-16-9-6-15(7-10-16)21(28)23-25/h2-11,25H,12-13H2,1H3,(H,22,24)(H,23,28). The molecule has 0 aliphatic rings. The van der Waals surface area contributed by atoms with E-state index >= 15 is 0 Å². The number of hydrogen-bond acceptors (Lipinski definition) is 5. The molecule has 144 valence electrons. The van der Waals surface area contributed by atoms with Crippen LogP contribution in [0.5, 0.6) is 11.5 Å². The SMILES string of the molecule is COc1ccc2ccccc2c1C(=O)NCCOc1ccc(C(=S)NO)cc1. The summed E-state index contributed by atoms with van der Waals surface area (Å²) in [5.41, 5.74) is 3.13. The Morgan fingerprint density at radius 1 is 1.07 bits per heavy atom. The van der Waals surface area contributed by atoms with Crippen LogP contribution in [0.1, 0.15) is 15.9 Å². The van der Waals surface area contributed by atoms with Gasteiger partial charge in [-0.2, -0.15) is 0 Å². The Morgan fingerprint density at radius 3 is 2.54 bits per heavy atom. The van der Waals surface area contributed by atoms with Crippen LogP contribution in [-0.4, -0.2) is 36.4 Å². The van der Waals surface area contributed by atoms with Gasteiger partial charge in [0, 0.05) is 5.56 Å². The first kappa shape index (κ1) is 19.6. The zero-order valence-electron chi connectivity index (χ0n) is 15.3. The third kappa shape index (κ3) is 4.39. The number of nitrogens with one attached hydrogen (secondary N) is 2. The summed E-state index contributed by atoms with van der Waals surface area (Å²) in [6.45, 7) is 0.643. The van der Waals surface area contributed by atoms with Gasteiger partial charge in [0.2, 0.25) is 0 Å². The highest BCUT2D eigenvalue weighted by atomic mass is 32.1. The Morgan fingerprint density at radius 2 is 1.82 bits per heavy atom. The molecule has 28 heavy (non-hydrogen) atoms. The molecule has 0 radical (unpaired) electrons. The Kier molecular flexibility index (Phi) is 6.41. The number of hydrogen-bond donors (Lipinski definition) is 3. The van der Waals surface area contributed by atoms with Gasteiger partial charge in [-0.3, -0.25) is 15.5 Å². The van der Waals surface area contributed by atoms with Crippen molar-refractivity contribution in [3.8, 4) is 11.5 Å². The predicted octanol–water partition coefficient (Wildman–Crippen LogP) is 3.31. The number of thiocarbonyl (C=S) groups is 1. The Hall–Kier alpha value is -3.16. The fourth-order valence-corrected chi connectivity index (χ4v) is 2.98. The minimum atomic E-state index is -0.216. The van der Waals surface area contributed by atoms with Gasteiger partial charge in [0.05, 0.1) is 19.2 Å². The lowest BCUT2D eigenvalue weighted by Gasteiger charge is -2.13. The number of methoxy groups -OCH3 is 1. The maximum Gasteiger partial charge on any atom is 0.255 e. The highest BCUT2D eigenvalue weighted by Crippen LogP contribution is 2.27. The number of ether oxygens (including phenoxy) is 2. The van der Waals surface area contributed by atoms with Crippen molar-refractivity contribution in [2.75, 3.05) is 20.3 Å². The summed E-state index contributed by atoms with van der Waals surface area (Å²) in [6.07, 6.45) is 0. The fourth-order valence-electron chi connectivity index (χ4n) is 2.84. The van der Waals surface area contributed by atoms with Crippen molar-refractivity contribution < 1.29 is 19.5 Å². The molecule has 0 atom stereocenters. The number of benzene rings is 3. The average molecular weight is 396 g/mol. The summed E-state index contributed by atoms with van der Waals surface area (Å²) in [5.74, 6) is 0.953. The molecule has 7 heteroatoms. The number of carbonyl (C=O) groups is 1. The van der Waals surface area contributed by atoms with Crippen molar-refractivity contribution in [3.63, 3.8) is 0 Å². The van der Waals surface area contributed by atoms with Gasteiger partial charge in [0.15, 0.2) is 0 Å². The lowest BCUT2D eigenvalue weighted by molar-refractivity contribution is 0.0945. The predicted molar refractivity (Wildman–Crippen MR) is 111 cm³/mol. The molecule has 0 saturated carbocycles. The number of carbonyl (C=O) groups excluding carboxylic acids is 1. The van der Waals surface area contributed by atoms with Gasteiger partial charge in [-0.25, -0.2) is 0 Å². The molecule has 0 heterocycles. The minimum absolute atomic E-state index is 0.216. The molecular weight excluding hydrogens is 376 g/mol. The number of fused-ring (bicyclic) bond motifs is 1. The van der Waals surface area contributed by atoms with Gasteiger partial charge in [-0.15, -0.1) is 0 Å². The molecule has 3 aromatic rings. The van der Waals surface area contributed by atoms with E-state index in [4.69, 9.17) is 26.9 Å². The molecule has 0 spiro atoms. The van der Waals surface area contributed by atoms with Gasteiger partial charge in [-0.1, -0.05) is 42.5 Å². The minimum Gasteiger partial charge on any atom is -0.496 e. The van der Waals surface area contributed by atoms with Gasteiger partial charge in [0.1, 0.15) is 23.1 Å². The van der Waals surface area contributed by atoms with E-state index in [0.29, 0.717) is 35.8 Å². The Bertz CT molecular complexity index is 989. The van der Waals surface area contributed by atoms with E-state index in [1.165, 1.54) is 0 Å². The second kappa shape index (κ2) is 9.16. The zero-order valence-corrected chi connectivity index (χ0v) is 16.1. The quantitative estimate of drug-likeness (QED) is 0.323. The molecule has 0 fully saturated rings. The molecule has 0 unspecified atom stereocenters. The summed E-state index contributed by atoms with van der Waals surface area (Å²) < 4.78 is 11.0. The van der Waals surface area contributed by atoms with E-state index in [1.54, 1.807) is 37.4 Å². The second-order valence-electron chi connectivity index (χ2n) is 5.93. The summed E-state index contributed by atoms with van der Waals surface area (Å²) in [7, 11) is 1.55. The van der Waals surface area contributed by atoms with Crippen LogP contribution in [0.15, 0.2) is 60.7 Å². The Labute approximate surface area is 168 Å². The number of amides is 1. The maximum atomic E-state index is 12.7. The van der Waals surface area contributed by atoms with E-state index in [2.05, 4.69) is 5.32 Å². The van der Waals surface area contributed by atoms with Gasteiger partial charge < -0.3 is 14.8 Å². The molecule has 3 aromatic carbocycles. The molecule has 0 aliphatic carbocycles. The molecule has 0 saturated heterocycles. The highest BCUT2D eigenvalue weighted by Gasteiger charge is 2.15. The van der Waals surface area contributed by atoms with Crippen LogP contribution < -0.4 is 20.3 Å². The first-order chi connectivity index (χ1) is 13.6. The fraction of sp³-hybridized carbons (Fsp3) is 0.143. The van der Waals surface area contributed by atoms with Crippen molar-refractivity contribution in [1.82, 2.24) is 10.8 Å². The topological polar surface area (TPSA) is 79.8 Å². The zero-order chi connectivity index (χ0) is 19.9. The van der Waals surface area contributed by atoms with Crippen LogP contribution >= 0.6 is 12.2 Å². The molecule has 0 bridgehead atoms. The first-order valence-corrected chi connectivity index (χ1v) is 9.06. The van der Waals surface area contributed by atoms with Crippen molar-refractivity contribution in [3.05, 3.63) is 71.8 Å². The van der Waals surface area contributed by atoms with Crippen LogP contribution in [0.2, 0.25) is 0 Å². The molecule has 0 aromatic heterocycles. The van der Waals surface area contributed by atoms with Gasteiger partial charge in [-0.05, 0) is 41.1 Å². The van der Waals surface area contributed by atoms with Crippen LogP contribution in [0.3, 0.4) is 0 Å². The van der Waals surface area contributed by atoms with Gasteiger partial charge in [0.25, 0.3) is 5.91 Å². The molecule has 0 aliphatic heterocycles. The summed E-state index contributed by atoms with van der Waals surface area (Å²) in [4.78, 5) is 12.9. The normalized spacial score (nSPS) is 10.4. The van der Waals surface area contributed by atoms with E-state index < -0.39 is 0 Å². The molecule has 3 N–H and O–H groups in total. The van der Waals surface area contributed by atoms with Crippen molar-refractivity contribution in [1.29, 1.82) is 0 Å². The van der Waals surface area contributed by atoms with Crippen LogP contribution in [0.4, 0.5) is 0 Å². The average Bonchev–Trinajstić information content (AvgIpc) is 2.75. The van der Waals surface area contributed by atoms with Crippen molar-refractivity contribution in [2.45, 2.75) is 0 Å². The molecule has 1 amide bonds. The van der Waals surface area contributed by atoms with Crippen LogP contribution in [0.25, 0.3) is 10.8 Å². The molecular formula is C21H20N2O4S. The highest BCUT2D eigenvalue weighted by molar-refractivity contribution is 7.80. The first-order valence-electron chi connectivity index (χ1n) is 8.65. The number of rotatable bonds is 7. The summed E-state index contributed by atoms with van der Waals surface area (Å²) in [6, 6.07) is 18.4.